The standard InChI is InChI=1S/C17H20ClNO7/c1-4-25-15(22)17(19-10-20,16(23)26-5-2)9-13(21)12-7-6-11(18)8-14(12)24-3/h6-8,10H,4-5,9H2,1-3H3,(H,19,20). The second-order valence-corrected chi connectivity index (χ2v) is 5.49. The second kappa shape index (κ2) is 9.76. The van der Waals surface area contributed by atoms with Gasteiger partial charge in [0.25, 0.3) is 0 Å². The summed E-state index contributed by atoms with van der Waals surface area (Å²) in [6.07, 6.45) is -0.568. The van der Waals surface area contributed by atoms with Crippen molar-refractivity contribution in [1.82, 2.24) is 5.32 Å². The lowest BCUT2D eigenvalue weighted by molar-refractivity contribution is -0.167. The Morgan fingerprint density at radius 3 is 2.19 bits per heavy atom. The number of Topliss-reactive ketones (excluding diaryl/α,β-unsaturated/α-hetero) is 1. The Bertz CT molecular complexity index is 672. The summed E-state index contributed by atoms with van der Waals surface area (Å²) in [5.41, 5.74) is -2.21. The molecule has 0 aromatic heterocycles. The molecular formula is C17H20ClNO7. The fourth-order valence-electron chi connectivity index (χ4n) is 2.24. The number of halogens is 1. The Morgan fingerprint density at radius 2 is 1.73 bits per heavy atom. The lowest BCUT2D eigenvalue weighted by Gasteiger charge is -2.28. The van der Waals surface area contributed by atoms with Crippen LogP contribution in [0.5, 0.6) is 5.75 Å². The van der Waals surface area contributed by atoms with Crippen LogP contribution in [0.3, 0.4) is 0 Å². The van der Waals surface area contributed by atoms with Crippen molar-refractivity contribution in [2.45, 2.75) is 25.8 Å². The highest BCUT2D eigenvalue weighted by atomic mass is 35.5. The molecule has 0 aliphatic carbocycles. The number of amides is 1. The molecule has 0 fully saturated rings. The van der Waals surface area contributed by atoms with Gasteiger partial charge in [0.1, 0.15) is 5.75 Å². The Labute approximate surface area is 155 Å². The fraction of sp³-hybridized carbons (Fsp3) is 0.412. The summed E-state index contributed by atoms with van der Waals surface area (Å²) in [6, 6.07) is 4.27. The number of hydrogen-bond acceptors (Lipinski definition) is 7. The average Bonchev–Trinajstić information content (AvgIpc) is 2.61. The molecule has 0 aliphatic rings. The number of ketones is 1. The first kappa shape index (κ1) is 21.4. The molecule has 0 heterocycles. The molecular weight excluding hydrogens is 366 g/mol. The van der Waals surface area contributed by atoms with Crippen LogP contribution in [-0.2, 0) is 23.9 Å². The summed E-state index contributed by atoms with van der Waals surface area (Å²) in [6.45, 7) is 2.94. The highest BCUT2D eigenvalue weighted by molar-refractivity contribution is 6.31. The molecule has 0 unspecified atom stereocenters. The lowest BCUT2D eigenvalue weighted by atomic mass is 9.90. The molecule has 0 bridgehead atoms. The molecule has 0 saturated heterocycles. The Kier molecular flexibility index (Phi) is 8.05. The van der Waals surface area contributed by atoms with Crippen LogP contribution in [0.2, 0.25) is 5.02 Å². The predicted octanol–water partition coefficient (Wildman–Crippen LogP) is 1.53. The zero-order chi connectivity index (χ0) is 19.7. The van der Waals surface area contributed by atoms with E-state index in [0.717, 1.165) is 0 Å². The smallest absolute Gasteiger partial charge is 0.344 e. The molecule has 1 aromatic rings. The van der Waals surface area contributed by atoms with E-state index in [9.17, 15) is 19.2 Å². The van der Waals surface area contributed by atoms with Gasteiger partial charge in [0.2, 0.25) is 11.9 Å². The summed E-state index contributed by atoms with van der Waals surface area (Å²) >= 11 is 5.87. The third kappa shape index (κ3) is 4.72. The van der Waals surface area contributed by atoms with E-state index in [0.29, 0.717) is 5.02 Å². The van der Waals surface area contributed by atoms with Gasteiger partial charge in [-0.25, -0.2) is 9.59 Å². The van der Waals surface area contributed by atoms with Crippen LogP contribution in [0.15, 0.2) is 18.2 Å². The minimum Gasteiger partial charge on any atom is -0.496 e. The van der Waals surface area contributed by atoms with Crippen molar-refractivity contribution in [2.75, 3.05) is 20.3 Å². The van der Waals surface area contributed by atoms with Gasteiger partial charge in [-0.1, -0.05) is 11.6 Å². The average molecular weight is 386 g/mol. The third-order valence-corrected chi connectivity index (χ3v) is 3.68. The van der Waals surface area contributed by atoms with Gasteiger partial charge in [0.05, 0.1) is 32.3 Å². The number of nitrogens with one attached hydrogen (secondary N) is 1. The van der Waals surface area contributed by atoms with Crippen LogP contribution >= 0.6 is 11.6 Å². The number of methoxy groups -OCH3 is 1. The molecule has 0 aliphatic heterocycles. The minimum absolute atomic E-state index is 0.0566. The summed E-state index contributed by atoms with van der Waals surface area (Å²) in [4.78, 5) is 48.6. The molecule has 8 nitrogen and oxygen atoms in total. The predicted molar refractivity (Wildman–Crippen MR) is 92.1 cm³/mol. The van der Waals surface area contributed by atoms with Crippen molar-refractivity contribution in [2.24, 2.45) is 0 Å². The Hall–Kier alpha value is -2.61. The van der Waals surface area contributed by atoms with Crippen LogP contribution in [0.1, 0.15) is 30.6 Å². The molecule has 9 heteroatoms. The van der Waals surface area contributed by atoms with Crippen LogP contribution in [-0.4, -0.2) is 50.0 Å². The van der Waals surface area contributed by atoms with Gasteiger partial charge >= 0.3 is 11.9 Å². The van der Waals surface area contributed by atoms with E-state index in [-0.39, 0.29) is 30.9 Å². The van der Waals surface area contributed by atoms with Gasteiger partial charge in [-0.05, 0) is 32.0 Å². The number of ether oxygens (including phenoxy) is 3. The van der Waals surface area contributed by atoms with Gasteiger partial charge in [0, 0.05) is 5.02 Å². The third-order valence-electron chi connectivity index (χ3n) is 3.44. The first-order chi connectivity index (χ1) is 12.4. The summed E-state index contributed by atoms with van der Waals surface area (Å²) in [5, 5.41) is 2.44. The first-order valence-corrected chi connectivity index (χ1v) is 8.16. The van der Waals surface area contributed by atoms with E-state index in [1.54, 1.807) is 0 Å². The van der Waals surface area contributed by atoms with E-state index in [1.165, 1.54) is 39.2 Å². The molecule has 0 atom stereocenters. The van der Waals surface area contributed by atoms with Crippen LogP contribution in [0, 0.1) is 0 Å². The number of esters is 2. The van der Waals surface area contributed by atoms with E-state index in [2.05, 4.69) is 5.32 Å². The Balaban J connectivity index is 3.34. The number of carbonyl (C=O) groups is 4. The number of rotatable bonds is 10. The minimum atomic E-state index is -2.30. The first-order valence-electron chi connectivity index (χ1n) is 7.78. The molecule has 0 spiro atoms. The molecule has 1 aromatic carbocycles. The molecule has 1 rings (SSSR count). The van der Waals surface area contributed by atoms with Crippen molar-refractivity contribution >= 4 is 35.7 Å². The van der Waals surface area contributed by atoms with Crippen molar-refractivity contribution in [3.05, 3.63) is 28.8 Å². The van der Waals surface area contributed by atoms with Gasteiger partial charge in [0.15, 0.2) is 5.78 Å². The van der Waals surface area contributed by atoms with Gasteiger partial charge in [-0.3, -0.25) is 9.59 Å². The zero-order valence-electron chi connectivity index (χ0n) is 14.7. The molecule has 0 saturated carbocycles. The highest BCUT2D eigenvalue weighted by Gasteiger charge is 2.51. The summed E-state index contributed by atoms with van der Waals surface area (Å²) in [5.74, 6) is -2.66. The maximum Gasteiger partial charge on any atom is 0.344 e. The molecule has 26 heavy (non-hydrogen) atoms. The lowest BCUT2D eigenvalue weighted by Crippen LogP contribution is -2.60. The topological polar surface area (TPSA) is 108 Å². The maximum absolute atomic E-state index is 12.7. The van der Waals surface area contributed by atoms with E-state index in [1.807, 2.05) is 0 Å². The largest absolute Gasteiger partial charge is 0.496 e. The number of carbonyl (C=O) groups excluding carboxylic acids is 4. The van der Waals surface area contributed by atoms with Crippen molar-refractivity contribution in [1.29, 1.82) is 0 Å². The van der Waals surface area contributed by atoms with E-state index in [4.69, 9.17) is 25.8 Å². The molecule has 1 amide bonds. The second-order valence-electron chi connectivity index (χ2n) is 5.05. The number of benzene rings is 1. The number of hydrogen-bond donors (Lipinski definition) is 1. The summed E-state index contributed by atoms with van der Waals surface area (Å²) < 4.78 is 14.9. The fourth-order valence-corrected chi connectivity index (χ4v) is 2.40. The zero-order valence-corrected chi connectivity index (χ0v) is 15.4. The van der Waals surface area contributed by atoms with Crippen molar-refractivity contribution in [3.8, 4) is 5.75 Å². The monoisotopic (exact) mass is 385 g/mol. The van der Waals surface area contributed by atoms with Crippen LogP contribution in [0.25, 0.3) is 0 Å². The van der Waals surface area contributed by atoms with E-state index >= 15 is 0 Å². The van der Waals surface area contributed by atoms with Gasteiger partial charge < -0.3 is 19.5 Å². The quantitative estimate of drug-likeness (QED) is 0.281. The van der Waals surface area contributed by atoms with Gasteiger partial charge in [-0.15, -0.1) is 0 Å². The SMILES string of the molecule is CCOC(=O)C(CC(=O)c1ccc(Cl)cc1OC)(NC=O)C(=O)OCC. The van der Waals surface area contributed by atoms with Crippen LogP contribution < -0.4 is 10.1 Å². The van der Waals surface area contributed by atoms with Crippen molar-refractivity contribution < 1.29 is 33.4 Å². The van der Waals surface area contributed by atoms with E-state index < -0.39 is 29.7 Å². The molecule has 142 valence electrons. The Morgan fingerprint density at radius 1 is 1.15 bits per heavy atom. The van der Waals surface area contributed by atoms with Gasteiger partial charge in [-0.2, -0.15) is 0 Å². The molecule has 1 N–H and O–H groups in total. The van der Waals surface area contributed by atoms with Crippen LogP contribution in [0.4, 0.5) is 0 Å². The normalized spacial score (nSPS) is 10.6. The van der Waals surface area contributed by atoms with Crippen molar-refractivity contribution in [3.63, 3.8) is 0 Å². The highest BCUT2D eigenvalue weighted by Crippen LogP contribution is 2.27. The molecule has 0 radical (unpaired) electrons. The maximum atomic E-state index is 12.7. The summed E-state index contributed by atoms with van der Waals surface area (Å²) in [7, 11) is 1.34.